The van der Waals surface area contributed by atoms with Crippen molar-refractivity contribution in [2.24, 2.45) is 9.98 Å². The predicted octanol–water partition coefficient (Wildman–Crippen LogP) is 11.2. The Morgan fingerprint density at radius 2 is 1.18 bits per heavy atom. The molecule has 1 N–H and O–H groups in total. The lowest BCUT2D eigenvalue weighted by atomic mass is 9.93. The van der Waals surface area contributed by atoms with Gasteiger partial charge in [-0.3, -0.25) is 0 Å². The van der Waals surface area contributed by atoms with Gasteiger partial charge in [0.15, 0.2) is 5.84 Å². The highest BCUT2D eigenvalue weighted by atomic mass is 16.3. The van der Waals surface area contributed by atoms with Crippen LogP contribution in [0.5, 0.6) is 0 Å². The maximum absolute atomic E-state index is 6.48. The van der Waals surface area contributed by atoms with Crippen LogP contribution in [0.4, 0.5) is 0 Å². The van der Waals surface area contributed by atoms with Gasteiger partial charge in [-0.15, -0.1) is 0 Å². The molecule has 0 aliphatic carbocycles. The molecule has 0 fully saturated rings. The highest BCUT2D eigenvalue weighted by molar-refractivity contribution is 6.23. The summed E-state index contributed by atoms with van der Waals surface area (Å²) in [6, 6.07) is 57.4. The topological polar surface area (TPSA) is 49.9 Å². The number of hydrogen-bond donors (Lipinski definition) is 1. The summed E-state index contributed by atoms with van der Waals surface area (Å²) >= 11 is 0. The summed E-state index contributed by atoms with van der Waals surface area (Å²) in [5.41, 5.74) is 6.99. The molecule has 8 aromatic carbocycles. The predicted molar refractivity (Wildman–Crippen MR) is 204 cm³/mol. The molecule has 1 aliphatic heterocycles. The van der Waals surface area contributed by atoms with Gasteiger partial charge in [-0.25, -0.2) is 9.98 Å². The lowest BCUT2D eigenvalue weighted by molar-refractivity contribution is 0.668. The molecule has 1 aromatic heterocycles. The molecule has 1 atom stereocenters. The van der Waals surface area contributed by atoms with E-state index in [1.807, 2.05) is 36.4 Å². The number of furan rings is 1. The number of benzene rings is 8. The molecule has 10 rings (SSSR count). The summed E-state index contributed by atoms with van der Waals surface area (Å²) in [6.07, 6.45) is -0.364. The minimum atomic E-state index is -0.364. The van der Waals surface area contributed by atoms with Crippen molar-refractivity contribution >= 4 is 65.9 Å². The van der Waals surface area contributed by atoms with Crippen molar-refractivity contribution in [1.82, 2.24) is 5.32 Å². The average molecular weight is 628 g/mol. The summed E-state index contributed by atoms with van der Waals surface area (Å²) in [5, 5.41) is 13.1. The van der Waals surface area contributed by atoms with Gasteiger partial charge in [-0.05, 0) is 61.6 Å². The maximum Gasteiger partial charge on any atom is 0.160 e. The molecule has 1 aliphatic rings. The second-order valence-electron chi connectivity index (χ2n) is 12.6. The molecular formula is C45H29N3O. The number of nitrogens with zero attached hydrogens (tertiary/aromatic N) is 2. The molecule has 0 spiro atoms. The van der Waals surface area contributed by atoms with Gasteiger partial charge in [0, 0.05) is 27.5 Å². The van der Waals surface area contributed by atoms with E-state index in [-0.39, 0.29) is 6.17 Å². The van der Waals surface area contributed by atoms with Crippen LogP contribution in [0.1, 0.15) is 22.9 Å². The van der Waals surface area contributed by atoms with Gasteiger partial charge >= 0.3 is 0 Å². The van der Waals surface area contributed by atoms with Gasteiger partial charge in [0.2, 0.25) is 0 Å². The summed E-state index contributed by atoms with van der Waals surface area (Å²) in [5.74, 6) is 1.46. The van der Waals surface area contributed by atoms with Gasteiger partial charge in [-0.1, -0.05) is 146 Å². The second kappa shape index (κ2) is 11.0. The van der Waals surface area contributed by atoms with Crippen molar-refractivity contribution in [3.8, 4) is 11.1 Å². The quantitative estimate of drug-likeness (QED) is 0.197. The number of nitrogens with one attached hydrogen (secondary N) is 1. The van der Waals surface area contributed by atoms with Crippen LogP contribution in [0.25, 0.3) is 65.4 Å². The number of fused-ring (bicyclic) bond motifs is 8. The van der Waals surface area contributed by atoms with E-state index in [0.29, 0.717) is 5.84 Å². The number of hydrogen-bond acceptors (Lipinski definition) is 4. The first kappa shape index (κ1) is 27.6. The Morgan fingerprint density at radius 3 is 2.06 bits per heavy atom. The minimum Gasteiger partial charge on any atom is -0.456 e. The van der Waals surface area contributed by atoms with Gasteiger partial charge < -0.3 is 9.73 Å². The molecule has 49 heavy (non-hydrogen) atoms. The molecule has 4 heteroatoms. The van der Waals surface area contributed by atoms with E-state index in [1.165, 1.54) is 32.3 Å². The molecule has 0 bridgehead atoms. The van der Waals surface area contributed by atoms with Gasteiger partial charge in [0.25, 0.3) is 0 Å². The molecule has 0 amide bonds. The van der Waals surface area contributed by atoms with Crippen LogP contribution in [0.2, 0.25) is 0 Å². The lowest BCUT2D eigenvalue weighted by Crippen LogP contribution is -2.33. The SMILES string of the molecule is c1ccc(C2=NC(c3cccc4oc5cc(-c6ccccc6)ccc5c34)=NC(c3cccc4c3ccc3ccc5ccccc5c34)N2)cc1. The van der Waals surface area contributed by atoms with Crippen molar-refractivity contribution in [3.63, 3.8) is 0 Å². The Labute approximate surface area is 282 Å². The molecule has 9 aromatic rings. The van der Waals surface area contributed by atoms with E-state index in [9.17, 15) is 0 Å². The minimum absolute atomic E-state index is 0.364. The van der Waals surface area contributed by atoms with Crippen LogP contribution in [0, 0.1) is 0 Å². The van der Waals surface area contributed by atoms with Crippen LogP contribution >= 0.6 is 0 Å². The summed E-state index contributed by atoms with van der Waals surface area (Å²) in [4.78, 5) is 10.6. The molecule has 230 valence electrons. The third-order valence-corrected chi connectivity index (χ3v) is 9.73. The Hall–Kier alpha value is -6.52. The first-order valence-electron chi connectivity index (χ1n) is 16.6. The zero-order valence-corrected chi connectivity index (χ0v) is 26.5. The lowest BCUT2D eigenvalue weighted by Gasteiger charge is -2.25. The Bertz CT molecular complexity index is 2800. The van der Waals surface area contributed by atoms with E-state index in [4.69, 9.17) is 14.4 Å². The fourth-order valence-electron chi connectivity index (χ4n) is 7.42. The van der Waals surface area contributed by atoms with Gasteiger partial charge in [0.05, 0.1) is 0 Å². The molecule has 0 saturated carbocycles. The summed E-state index contributed by atoms with van der Waals surface area (Å²) in [7, 11) is 0. The Kier molecular flexibility index (Phi) is 6.21. The largest absolute Gasteiger partial charge is 0.456 e. The van der Waals surface area contributed by atoms with Gasteiger partial charge in [-0.2, -0.15) is 0 Å². The van der Waals surface area contributed by atoms with Crippen molar-refractivity contribution < 1.29 is 4.42 Å². The molecular weight excluding hydrogens is 599 g/mol. The molecule has 0 saturated heterocycles. The third-order valence-electron chi connectivity index (χ3n) is 9.73. The average Bonchev–Trinajstić information content (AvgIpc) is 3.56. The van der Waals surface area contributed by atoms with E-state index >= 15 is 0 Å². The van der Waals surface area contributed by atoms with Crippen molar-refractivity contribution in [1.29, 1.82) is 0 Å². The maximum atomic E-state index is 6.48. The van der Waals surface area contributed by atoms with Crippen LogP contribution in [0.15, 0.2) is 178 Å². The van der Waals surface area contributed by atoms with E-state index in [0.717, 1.165) is 55.6 Å². The Balaban J connectivity index is 1.18. The van der Waals surface area contributed by atoms with E-state index < -0.39 is 0 Å². The van der Waals surface area contributed by atoms with Crippen molar-refractivity contribution in [2.45, 2.75) is 6.17 Å². The first-order chi connectivity index (χ1) is 24.3. The number of aliphatic imine (C=N–C) groups is 2. The van der Waals surface area contributed by atoms with E-state index in [2.05, 4.69) is 133 Å². The van der Waals surface area contributed by atoms with E-state index in [1.54, 1.807) is 0 Å². The standard InChI is InChI=1S/C45H29N3O/c1-3-11-28(12-4-1)32-24-26-37-40(27-32)49-39-20-10-19-38(42(37)39)45-47-43(31-14-5-2-6-15-31)46-44(48-45)36-18-9-17-35-34(36)25-23-30-22-21-29-13-7-8-16-33(29)41(30)35/h1-27,44H,(H,46,47,48). The summed E-state index contributed by atoms with van der Waals surface area (Å²) < 4.78 is 6.48. The fourth-order valence-corrected chi connectivity index (χ4v) is 7.42. The van der Waals surface area contributed by atoms with Crippen LogP contribution in [-0.2, 0) is 0 Å². The number of amidine groups is 2. The van der Waals surface area contributed by atoms with Gasteiger partial charge in [0.1, 0.15) is 23.2 Å². The normalized spacial score (nSPS) is 14.7. The molecule has 0 radical (unpaired) electrons. The smallest absolute Gasteiger partial charge is 0.160 e. The highest BCUT2D eigenvalue weighted by Gasteiger charge is 2.25. The Morgan fingerprint density at radius 1 is 0.469 bits per heavy atom. The van der Waals surface area contributed by atoms with Crippen molar-refractivity contribution in [3.05, 3.63) is 180 Å². The zero-order valence-electron chi connectivity index (χ0n) is 26.5. The van der Waals surface area contributed by atoms with Crippen LogP contribution in [0.3, 0.4) is 0 Å². The summed E-state index contributed by atoms with van der Waals surface area (Å²) in [6.45, 7) is 0. The monoisotopic (exact) mass is 627 g/mol. The zero-order chi connectivity index (χ0) is 32.3. The highest BCUT2D eigenvalue weighted by Crippen LogP contribution is 2.38. The molecule has 1 unspecified atom stereocenters. The number of rotatable bonds is 4. The third kappa shape index (κ3) is 4.53. The fraction of sp³-hybridized carbons (Fsp3) is 0.0222. The van der Waals surface area contributed by atoms with Crippen LogP contribution in [-0.4, -0.2) is 11.7 Å². The first-order valence-corrected chi connectivity index (χ1v) is 16.6. The molecule has 2 heterocycles. The second-order valence-corrected chi connectivity index (χ2v) is 12.6. The van der Waals surface area contributed by atoms with Crippen molar-refractivity contribution in [2.75, 3.05) is 0 Å². The molecule has 4 nitrogen and oxygen atoms in total. The van der Waals surface area contributed by atoms with Crippen LogP contribution < -0.4 is 5.32 Å².